The van der Waals surface area contributed by atoms with Crippen LogP contribution in [0.1, 0.15) is 41.5 Å². The normalized spacial score (nSPS) is 12.2. The summed E-state index contributed by atoms with van der Waals surface area (Å²) in [5.41, 5.74) is -0.289. The average Bonchev–Trinajstić information content (AvgIpc) is 2.97. The third-order valence-corrected chi connectivity index (χ3v) is 4.32. The van der Waals surface area contributed by atoms with Crippen LogP contribution in [0.2, 0.25) is 0 Å². The van der Waals surface area contributed by atoms with Gasteiger partial charge in [-0.15, -0.1) is 0 Å². The minimum atomic E-state index is -0.647. The summed E-state index contributed by atoms with van der Waals surface area (Å²) in [6.07, 6.45) is -1.09. The number of carbonyl (C=O) groups excluding carboxylic acids is 2. The molecule has 0 fully saturated rings. The zero-order valence-electron chi connectivity index (χ0n) is 15.6. The molecule has 0 aliphatic carbocycles. The molecule has 0 saturated carbocycles. The Labute approximate surface area is 169 Å². The van der Waals surface area contributed by atoms with Gasteiger partial charge in [0, 0.05) is 0 Å². The number of nitrogens with zero attached hydrogens (tertiary/aromatic N) is 2. The van der Waals surface area contributed by atoms with Gasteiger partial charge in [-0.05, 0) is 97.7 Å². The molecule has 0 amide bonds. The maximum absolute atomic E-state index is 12.6. The highest BCUT2D eigenvalue weighted by Crippen LogP contribution is 2.31. The third-order valence-electron chi connectivity index (χ3n) is 3.08. The molecule has 2 aromatic heterocycles. The van der Waals surface area contributed by atoms with E-state index in [1.54, 1.807) is 65.8 Å². The number of aromatic nitrogens is 2. The van der Waals surface area contributed by atoms with Crippen molar-refractivity contribution in [3.05, 3.63) is 33.5 Å². The number of hydrogen-bond acceptors (Lipinski definition) is 4. The van der Waals surface area contributed by atoms with Crippen molar-refractivity contribution in [1.82, 2.24) is 9.13 Å². The van der Waals surface area contributed by atoms with Gasteiger partial charge in [-0.25, -0.2) is 18.7 Å². The van der Waals surface area contributed by atoms with E-state index >= 15 is 0 Å². The Morgan fingerprint density at radius 3 is 1.31 bits per heavy atom. The molecule has 142 valence electrons. The van der Waals surface area contributed by atoms with Gasteiger partial charge in [0.2, 0.25) is 0 Å². The van der Waals surface area contributed by atoms with Crippen LogP contribution in [0.25, 0.3) is 11.4 Å². The van der Waals surface area contributed by atoms with Crippen LogP contribution in [0, 0.1) is 0 Å². The molecule has 0 atom stereocenters. The minimum absolute atomic E-state index is 0.502. The van der Waals surface area contributed by atoms with Crippen molar-refractivity contribution in [2.75, 3.05) is 0 Å². The zero-order chi connectivity index (χ0) is 19.9. The fraction of sp³-hybridized carbons (Fsp3) is 0.444. The highest BCUT2D eigenvalue weighted by Gasteiger charge is 2.27. The monoisotopic (exact) mass is 488 g/mol. The maximum Gasteiger partial charge on any atom is 0.419 e. The van der Waals surface area contributed by atoms with Gasteiger partial charge in [0.25, 0.3) is 0 Å². The number of rotatable bonds is 1. The molecule has 0 aromatic carbocycles. The fourth-order valence-electron chi connectivity index (χ4n) is 2.21. The fourth-order valence-corrected chi connectivity index (χ4v) is 3.15. The summed E-state index contributed by atoms with van der Waals surface area (Å²) in [7, 11) is 0. The summed E-state index contributed by atoms with van der Waals surface area (Å²) in [6.45, 7) is 10.8. The van der Waals surface area contributed by atoms with E-state index in [2.05, 4.69) is 31.9 Å². The number of ether oxygens (including phenoxy) is 2. The lowest BCUT2D eigenvalue weighted by Gasteiger charge is -2.22. The molecule has 2 aromatic rings. The van der Waals surface area contributed by atoms with Gasteiger partial charge in [0.05, 0.1) is 20.6 Å². The molecule has 0 spiro atoms. The predicted molar refractivity (Wildman–Crippen MR) is 107 cm³/mol. The molecule has 8 heteroatoms. The van der Waals surface area contributed by atoms with E-state index in [4.69, 9.17) is 9.47 Å². The molecule has 0 N–H and O–H groups in total. The summed E-state index contributed by atoms with van der Waals surface area (Å²) < 4.78 is 14.7. The molecule has 2 heterocycles. The molecule has 6 nitrogen and oxygen atoms in total. The first-order valence-electron chi connectivity index (χ1n) is 8.02. The Morgan fingerprint density at radius 2 is 1.04 bits per heavy atom. The number of carbonyl (C=O) groups is 2. The maximum atomic E-state index is 12.6. The van der Waals surface area contributed by atoms with Gasteiger partial charge in [-0.1, -0.05) is 0 Å². The van der Waals surface area contributed by atoms with E-state index < -0.39 is 23.4 Å². The summed E-state index contributed by atoms with van der Waals surface area (Å²) in [5.74, 6) is 0. The molecule has 0 radical (unpaired) electrons. The lowest BCUT2D eigenvalue weighted by molar-refractivity contribution is 0.0516. The second-order valence-electron chi connectivity index (χ2n) is 7.71. The van der Waals surface area contributed by atoms with Crippen molar-refractivity contribution in [3.63, 3.8) is 0 Å². The predicted octanol–water partition coefficient (Wildman–Crippen LogP) is 6.05. The smallest absolute Gasteiger partial charge is 0.419 e. The highest BCUT2D eigenvalue weighted by molar-refractivity contribution is 9.10. The minimum Gasteiger partial charge on any atom is -0.443 e. The molecular formula is C18H22Br2N2O4. The second kappa shape index (κ2) is 7.23. The van der Waals surface area contributed by atoms with E-state index in [1.807, 2.05) is 0 Å². The van der Waals surface area contributed by atoms with Gasteiger partial charge in [-0.2, -0.15) is 0 Å². The van der Waals surface area contributed by atoms with E-state index in [0.717, 1.165) is 0 Å². The zero-order valence-corrected chi connectivity index (χ0v) is 18.8. The first-order chi connectivity index (χ1) is 11.8. The molecule has 0 bridgehead atoms. The molecule has 0 aliphatic heterocycles. The van der Waals surface area contributed by atoms with Crippen molar-refractivity contribution < 1.29 is 19.1 Å². The molecule has 2 rings (SSSR count). The van der Waals surface area contributed by atoms with Gasteiger partial charge in [-0.3, -0.25) is 0 Å². The SMILES string of the molecule is CC(C)(C)OC(=O)n1c(Br)ccc1-c1ccc(Br)n1C(=O)OC(C)(C)C. The van der Waals surface area contributed by atoms with Crippen molar-refractivity contribution >= 4 is 44.0 Å². The van der Waals surface area contributed by atoms with Crippen LogP contribution < -0.4 is 0 Å². The third kappa shape index (κ3) is 4.79. The Balaban J connectivity index is 2.52. The first-order valence-corrected chi connectivity index (χ1v) is 9.60. The molecule has 26 heavy (non-hydrogen) atoms. The van der Waals surface area contributed by atoms with Crippen molar-refractivity contribution in [2.45, 2.75) is 52.7 Å². The van der Waals surface area contributed by atoms with Crippen LogP contribution >= 0.6 is 31.9 Å². The van der Waals surface area contributed by atoms with Crippen molar-refractivity contribution in [1.29, 1.82) is 0 Å². The van der Waals surface area contributed by atoms with E-state index in [-0.39, 0.29) is 0 Å². The van der Waals surface area contributed by atoms with Crippen LogP contribution in [-0.2, 0) is 9.47 Å². The van der Waals surface area contributed by atoms with Crippen LogP contribution in [0.4, 0.5) is 9.59 Å². The molecule has 0 aliphatic rings. The average molecular weight is 490 g/mol. The van der Waals surface area contributed by atoms with Gasteiger partial charge in [0.15, 0.2) is 0 Å². The summed E-state index contributed by atoms with van der Waals surface area (Å²) >= 11 is 6.73. The lowest BCUT2D eigenvalue weighted by Crippen LogP contribution is -2.29. The van der Waals surface area contributed by atoms with Crippen molar-refractivity contribution in [2.24, 2.45) is 0 Å². The van der Waals surface area contributed by atoms with Crippen molar-refractivity contribution in [3.8, 4) is 11.4 Å². The Hall–Kier alpha value is -1.54. The molecular weight excluding hydrogens is 468 g/mol. The van der Waals surface area contributed by atoms with Gasteiger partial charge < -0.3 is 9.47 Å². The summed E-state index contributed by atoms with van der Waals surface area (Å²) in [6, 6.07) is 6.91. The first kappa shape index (κ1) is 20.8. The van der Waals surface area contributed by atoms with Gasteiger partial charge >= 0.3 is 12.2 Å². The van der Waals surface area contributed by atoms with E-state index in [1.165, 1.54) is 9.13 Å². The Bertz CT molecular complexity index is 768. The topological polar surface area (TPSA) is 62.5 Å². The van der Waals surface area contributed by atoms with Gasteiger partial charge in [0.1, 0.15) is 11.2 Å². The Kier molecular flexibility index (Phi) is 5.77. The largest absolute Gasteiger partial charge is 0.443 e. The summed E-state index contributed by atoms with van der Waals surface area (Å²) in [4.78, 5) is 25.3. The number of halogens is 2. The Morgan fingerprint density at radius 1 is 0.731 bits per heavy atom. The van der Waals surface area contributed by atoms with Crippen LogP contribution in [-0.4, -0.2) is 32.5 Å². The molecule has 0 saturated heterocycles. The van der Waals surface area contributed by atoms with E-state index in [0.29, 0.717) is 20.6 Å². The number of hydrogen-bond donors (Lipinski definition) is 0. The summed E-state index contributed by atoms with van der Waals surface area (Å²) in [5, 5.41) is 0. The molecule has 0 unspecified atom stereocenters. The standard InChI is InChI=1S/C18H22Br2N2O4/c1-17(2,3)25-15(23)21-11(7-9-13(21)19)12-8-10-14(20)22(12)16(24)26-18(4,5)6/h7-10H,1-6H3. The van der Waals surface area contributed by atoms with Crippen LogP contribution in [0.15, 0.2) is 33.5 Å². The quantitative estimate of drug-likeness (QED) is 0.489. The van der Waals surface area contributed by atoms with E-state index in [9.17, 15) is 9.59 Å². The van der Waals surface area contributed by atoms with Crippen LogP contribution in [0.5, 0.6) is 0 Å². The second-order valence-corrected chi connectivity index (χ2v) is 9.34. The highest BCUT2D eigenvalue weighted by atomic mass is 79.9. The lowest BCUT2D eigenvalue weighted by atomic mass is 10.2. The van der Waals surface area contributed by atoms with Crippen LogP contribution in [0.3, 0.4) is 0 Å².